The van der Waals surface area contributed by atoms with E-state index in [4.69, 9.17) is 31.4 Å². The van der Waals surface area contributed by atoms with Crippen LogP contribution in [0.4, 0.5) is 4.39 Å². The highest BCUT2D eigenvalue weighted by atomic mass is 19.1. The number of carbonyl (C=O) groups is 2. The third-order valence-electron chi connectivity index (χ3n) is 5.91. The van der Waals surface area contributed by atoms with Crippen LogP contribution in [0.1, 0.15) is 76.6 Å². The molecule has 0 amide bonds. The van der Waals surface area contributed by atoms with E-state index in [0.29, 0.717) is 49.3 Å². The summed E-state index contributed by atoms with van der Waals surface area (Å²) in [6.07, 6.45) is 0.559. The number of oxime groups is 2. The summed E-state index contributed by atoms with van der Waals surface area (Å²) in [5, 5.41) is 23.3. The van der Waals surface area contributed by atoms with Gasteiger partial charge in [-0.05, 0) is 85.5 Å². The van der Waals surface area contributed by atoms with Gasteiger partial charge in [-0.3, -0.25) is 9.59 Å². The highest BCUT2D eigenvalue weighted by Crippen LogP contribution is 2.14. The van der Waals surface area contributed by atoms with E-state index in [0.717, 1.165) is 5.56 Å². The second-order valence-electron chi connectivity index (χ2n) is 12.6. The highest BCUT2D eigenvalue weighted by Gasteiger charge is 2.18. The van der Waals surface area contributed by atoms with Crippen molar-refractivity contribution in [3.8, 4) is 0 Å². The average Bonchev–Trinajstić information content (AvgIpc) is 2.94. The van der Waals surface area contributed by atoms with Crippen molar-refractivity contribution < 1.29 is 33.9 Å². The predicted octanol–water partition coefficient (Wildman–Crippen LogP) is 4.03. The first kappa shape index (κ1) is 38.8. The van der Waals surface area contributed by atoms with Crippen LogP contribution in [0.3, 0.4) is 0 Å². The fourth-order valence-corrected chi connectivity index (χ4v) is 3.91. The van der Waals surface area contributed by atoms with Crippen LogP contribution in [0.2, 0.25) is 0 Å². The Bertz CT molecular complexity index is 1320. The van der Waals surface area contributed by atoms with Gasteiger partial charge >= 0.3 is 11.9 Å². The molecule has 0 atom stereocenters. The molecule has 6 N–H and O–H groups in total. The lowest BCUT2D eigenvalue weighted by molar-refractivity contribution is -0.156. The summed E-state index contributed by atoms with van der Waals surface area (Å²) in [5.74, 6) is -0.885. The van der Waals surface area contributed by atoms with E-state index in [9.17, 15) is 14.0 Å². The number of benzene rings is 2. The number of hydrogen-bond donors (Lipinski definition) is 4. The quantitative estimate of drug-likeness (QED) is 0.0879. The number of rotatable bonds is 12. The van der Waals surface area contributed by atoms with Crippen molar-refractivity contribution in [2.45, 2.75) is 78.7 Å². The van der Waals surface area contributed by atoms with Gasteiger partial charge in [0.05, 0.1) is 12.8 Å². The van der Waals surface area contributed by atoms with Crippen LogP contribution in [-0.2, 0) is 32.2 Å². The number of ether oxygens (including phenoxy) is 2. The van der Waals surface area contributed by atoms with Crippen LogP contribution in [-0.4, -0.2) is 82.2 Å². The van der Waals surface area contributed by atoms with Crippen molar-refractivity contribution in [3.63, 3.8) is 0 Å². The minimum absolute atomic E-state index is 0.0809. The van der Waals surface area contributed by atoms with Crippen LogP contribution < -0.4 is 11.5 Å². The highest BCUT2D eigenvalue weighted by molar-refractivity contribution is 5.97. The van der Waals surface area contributed by atoms with Gasteiger partial charge in [0.2, 0.25) is 0 Å². The Morgan fingerprint density at radius 3 is 1.71 bits per heavy atom. The molecule has 0 heterocycles. The lowest BCUT2D eigenvalue weighted by atomic mass is 10.1. The first-order valence-corrected chi connectivity index (χ1v) is 14.5. The average molecular weight is 633 g/mol. The molecule has 2 rings (SSSR count). The summed E-state index contributed by atoms with van der Waals surface area (Å²) in [5.41, 5.74) is 12.6. The minimum Gasteiger partial charge on any atom is -0.460 e. The zero-order chi connectivity index (χ0) is 34.4. The van der Waals surface area contributed by atoms with Crippen molar-refractivity contribution in [2.75, 3.05) is 27.2 Å². The van der Waals surface area contributed by atoms with E-state index in [1.54, 1.807) is 18.0 Å². The number of nitrogens with two attached hydrogens (primary N) is 2. The van der Waals surface area contributed by atoms with E-state index >= 15 is 0 Å². The lowest BCUT2D eigenvalue weighted by Crippen LogP contribution is -2.28. The molecule has 0 bridgehead atoms. The lowest BCUT2D eigenvalue weighted by Gasteiger charge is -2.21. The maximum absolute atomic E-state index is 13.9. The Labute approximate surface area is 265 Å². The Balaban J connectivity index is 0.000000450. The molecule has 0 aromatic heterocycles. The molecule has 250 valence electrons. The fourth-order valence-electron chi connectivity index (χ4n) is 3.91. The van der Waals surface area contributed by atoms with Crippen LogP contribution in [0.25, 0.3) is 0 Å². The van der Waals surface area contributed by atoms with Gasteiger partial charge in [-0.2, -0.15) is 0 Å². The molecule has 13 heteroatoms. The van der Waals surface area contributed by atoms with Gasteiger partial charge < -0.3 is 41.2 Å². The number of hydrogen-bond acceptors (Lipinski definition) is 10. The Morgan fingerprint density at radius 2 is 1.24 bits per heavy atom. The molecular formula is C32H49FN6O6. The summed E-state index contributed by atoms with van der Waals surface area (Å²) in [6, 6.07) is 11.7. The number of amidine groups is 2. The molecule has 0 fully saturated rings. The van der Waals surface area contributed by atoms with E-state index in [1.807, 2.05) is 71.7 Å². The number of nitrogens with zero attached hydrogens (tertiary/aromatic N) is 4. The Hall–Kier alpha value is -4.23. The summed E-state index contributed by atoms with van der Waals surface area (Å²) in [6.45, 7) is 13.0. The van der Waals surface area contributed by atoms with Gasteiger partial charge in [0.15, 0.2) is 11.7 Å². The molecule has 0 aliphatic rings. The molecule has 0 aliphatic carbocycles. The molecule has 0 radical (unpaired) electrons. The zero-order valence-electron chi connectivity index (χ0n) is 27.6. The minimum atomic E-state index is -0.517. The molecule has 2 aromatic rings. The monoisotopic (exact) mass is 632 g/mol. The largest absolute Gasteiger partial charge is 0.460 e. The third kappa shape index (κ3) is 16.4. The van der Waals surface area contributed by atoms with Crippen molar-refractivity contribution in [3.05, 3.63) is 70.5 Å². The third-order valence-corrected chi connectivity index (χ3v) is 5.91. The second-order valence-corrected chi connectivity index (χ2v) is 12.6. The molecule has 0 unspecified atom stereocenters. The fraction of sp³-hybridized carbons (Fsp3) is 0.500. The molecule has 0 spiro atoms. The smallest absolute Gasteiger partial charge is 0.307 e. The number of carbonyl (C=O) groups excluding carboxylic acids is 2. The first-order chi connectivity index (χ1) is 20.8. The van der Waals surface area contributed by atoms with E-state index in [2.05, 4.69) is 10.3 Å². The Morgan fingerprint density at radius 1 is 0.778 bits per heavy atom. The summed E-state index contributed by atoms with van der Waals surface area (Å²) >= 11 is 0. The Kier molecular flexibility index (Phi) is 15.4. The molecule has 0 saturated carbocycles. The molecular weight excluding hydrogens is 583 g/mol. The van der Waals surface area contributed by atoms with E-state index in [1.165, 1.54) is 18.2 Å². The van der Waals surface area contributed by atoms with Crippen molar-refractivity contribution in [1.82, 2.24) is 9.80 Å². The summed E-state index contributed by atoms with van der Waals surface area (Å²) < 4.78 is 24.4. The van der Waals surface area contributed by atoms with Gasteiger partial charge in [-0.15, -0.1) is 0 Å². The van der Waals surface area contributed by atoms with Crippen LogP contribution in [0.5, 0.6) is 0 Å². The topological polar surface area (TPSA) is 176 Å². The van der Waals surface area contributed by atoms with Gasteiger partial charge in [0.25, 0.3) is 0 Å². The normalized spacial score (nSPS) is 12.5. The van der Waals surface area contributed by atoms with E-state index in [-0.39, 0.29) is 35.8 Å². The standard InChI is InChI=1S/C16H24FN3O3.C16H25N3O3/c1-16(2,3)23-14(21)7-8-20(4)10-12-9-11(15(18)19-22)5-6-13(12)17;1-16(2,3)22-14(20)8-9-19(4)11-12-6-5-7-13(10-12)15(17)18-21/h5-6,9,22H,7-8,10H2,1-4H3,(H2,18,19);5-7,10,21H,8-9,11H2,1-4H3,(H2,17,18). The van der Waals surface area contributed by atoms with E-state index < -0.39 is 11.2 Å². The number of esters is 2. The van der Waals surface area contributed by atoms with Gasteiger partial charge in [0, 0.05) is 42.9 Å². The molecule has 45 heavy (non-hydrogen) atoms. The first-order valence-electron chi connectivity index (χ1n) is 14.5. The van der Waals surface area contributed by atoms with Crippen LogP contribution >= 0.6 is 0 Å². The zero-order valence-corrected chi connectivity index (χ0v) is 27.6. The maximum atomic E-state index is 13.9. The SMILES string of the molecule is CN(CCC(=O)OC(C)(C)C)Cc1cc(C(N)=NO)ccc1F.CN(CCC(=O)OC(C)(C)C)Cc1cccc(C(N)=NO)c1. The van der Waals surface area contributed by atoms with Gasteiger partial charge in [0.1, 0.15) is 17.0 Å². The number of halogens is 1. The molecule has 12 nitrogen and oxygen atoms in total. The molecule has 2 aromatic carbocycles. The maximum Gasteiger partial charge on any atom is 0.307 e. The van der Waals surface area contributed by atoms with Crippen molar-refractivity contribution in [2.24, 2.45) is 21.8 Å². The van der Waals surface area contributed by atoms with Crippen molar-refractivity contribution in [1.29, 1.82) is 0 Å². The van der Waals surface area contributed by atoms with Crippen LogP contribution in [0, 0.1) is 5.82 Å². The van der Waals surface area contributed by atoms with Gasteiger partial charge in [-0.1, -0.05) is 28.5 Å². The summed E-state index contributed by atoms with van der Waals surface area (Å²) in [4.78, 5) is 27.2. The van der Waals surface area contributed by atoms with Crippen molar-refractivity contribution >= 4 is 23.6 Å². The summed E-state index contributed by atoms with van der Waals surface area (Å²) in [7, 11) is 3.71. The molecule has 0 saturated heterocycles. The van der Waals surface area contributed by atoms with Gasteiger partial charge in [-0.25, -0.2) is 4.39 Å². The molecule has 0 aliphatic heterocycles. The predicted molar refractivity (Wildman–Crippen MR) is 171 cm³/mol. The van der Waals surface area contributed by atoms with Crippen LogP contribution in [0.15, 0.2) is 52.8 Å². The second kappa shape index (κ2) is 17.9.